The number of hydrogen-bond acceptors (Lipinski definition) is 5. The molecule has 8 heteroatoms. The number of hydrogen-bond donors (Lipinski definition) is 1. The third-order valence-corrected chi connectivity index (χ3v) is 3.94. The van der Waals surface area contributed by atoms with Crippen LogP contribution in [0.15, 0.2) is 5.09 Å². The lowest BCUT2D eigenvalue weighted by Gasteiger charge is -2.34. The Hall–Kier alpha value is -0.115. The Kier molecular flexibility index (Phi) is 7.97. The van der Waals surface area contributed by atoms with E-state index >= 15 is 0 Å². The van der Waals surface area contributed by atoms with Crippen molar-refractivity contribution in [3.8, 4) is 0 Å². The van der Waals surface area contributed by atoms with Crippen LogP contribution in [0.4, 0.5) is 0 Å². The van der Waals surface area contributed by atoms with Gasteiger partial charge in [-0.25, -0.2) is 0 Å². The third-order valence-electron chi connectivity index (χ3n) is 3.62. The van der Waals surface area contributed by atoms with E-state index in [0.29, 0.717) is 24.3 Å². The summed E-state index contributed by atoms with van der Waals surface area (Å²) in [7, 11) is 0. The molecular formula is C11H18BIN2O3S. The monoisotopic (exact) mass is 396 g/mol. The number of carbonyl (C=O) groups excluding carboxylic acids is 2. The van der Waals surface area contributed by atoms with Gasteiger partial charge in [-0.1, -0.05) is 22.4 Å². The number of amides is 1. The molecule has 0 bridgehead atoms. The minimum Gasteiger partial charge on any atom is -0.340 e. The third kappa shape index (κ3) is 5.80. The summed E-state index contributed by atoms with van der Waals surface area (Å²) in [6.07, 6.45) is 6.71. The minimum atomic E-state index is -0.382. The van der Waals surface area contributed by atoms with E-state index in [1.165, 1.54) is 0 Å². The van der Waals surface area contributed by atoms with E-state index in [1.54, 1.807) is 22.4 Å². The summed E-state index contributed by atoms with van der Waals surface area (Å²) in [5.41, 5.74) is 0. The number of piperidine rings is 1. The fourth-order valence-corrected chi connectivity index (χ4v) is 2.74. The Morgan fingerprint density at radius 2 is 2.21 bits per heavy atom. The smallest absolute Gasteiger partial charge is 0.340 e. The first-order valence-corrected chi connectivity index (χ1v) is 8.22. The Morgan fingerprint density at radius 1 is 1.53 bits per heavy atom. The van der Waals surface area contributed by atoms with Crippen LogP contribution in [0, 0.1) is 10.8 Å². The number of nitrogens with zero attached hydrogens (tertiary/aromatic N) is 2. The van der Waals surface area contributed by atoms with Crippen LogP contribution in [-0.4, -0.2) is 33.7 Å². The Morgan fingerprint density at radius 3 is 2.79 bits per heavy atom. The zero-order valence-corrected chi connectivity index (χ0v) is 13.8. The maximum absolute atomic E-state index is 11.4. The highest BCUT2D eigenvalue weighted by Gasteiger charge is 2.35. The molecule has 106 valence electrons. The molecule has 2 atom stereocenters. The molecule has 0 spiro atoms. The number of rotatable bonds is 4. The van der Waals surface area contributed by atoms with Crippen LogP contribution in [-0.2, 0) is 9.59 Å². The summed E-state index contributed by atoms with van der Waals surface area (Å²) in [4.78, 5) is 32.9. The fourth-order valence-electron chi connectivity index (χ4n) is 2.74. The van der Waals surface area contributed by atoms with E-state index in [2.05, 4.69) is 17.6 Å². The van der Waals surface area contributed by atoms with Crippen molar-refractivity contribution in [2.75, 3.05) is 6.54 Å². The van der Waals surface area contributed by atoms with Crippen molar-refractivity contribution in [1.82, 2.24) is 4.90 Å². The second kappa shape index (κ2) is 8.94. The Bertz CT molecular complexity index is 333. The van der Waals surface area contributed by atoms with Crippen molar-refractivity contribution in [2.45, 2.75) is 44.6 Å². The van der Waals surface area contributed by atoms with Crippen LogP contribution < -0.4 is 0 Å². The minimum absolute atomic E-state index is 0.337. The zero-order chi connectivity index (χ0) is 14.3. The van der Waals surface area contributed by atoms with Gasteiger partial charge in [0.15, 0.2) is 0 Å². The molecule has 19 heavy (non-hydrogen) atoms. The van der Waals surface area contributed by atoms with Crippen LogP contribution in [0.3, 0.4) is 0 Å². The van der Waals surface area contributed by atoms with E-state index in [9.17, 15) is 14.5 Å². The molecule has 2 heterocycles. The molecular weight excluding hydrogens is 378 g/mol. The number of nitroso groups, excluding NO2 is 1. The number of thiol groups is 1. The first kappa shape index (κ1) is 16.9. The molecule has 0 radical (unpaired) electrons. The quantitative estimate of drug-likeness (QED) is 0.261. The van der Waals surface area contributed by atoms with E-state index in [0.717, 1.165) is 44.9 Å². The number of fused-ring (bicyclic) bond motifs is 1. The SMILES string of the molecule is O=CCC[C@H]1CCN2C(=O)CCC2C1.O=NB(S)I. The Balaban J connectivity index is 0.000000312. The molecule has 2 fully saturated rings. The van der Waals surface area contributed by atoms with Crippen molar-refractivity contribution in [2.24, 2.45) is 11.0 Å². The summed E-state index contributed by atoms with van der Waals surface area (Å²) < 4.78 is -0.382. The van der Waals surface area contributed by atoms with Gasteiger partial charge in [-0.2, -0.15) is 17.4 Å². The lowest BCUT2D eigenvalue weighted by Crippen LogP contribution is -2.40. The molecule has 2 aliphatic rings. The molecule has 1 unspecified atom stereocenters. The summed E-state index contributed by atoms with van der Waals surface area (Å²) in [6.45, 7) is 0.924. The average molecular weight is 396 g/mol. The highest BCUT2D eigenvalue weighted by molar-refractivity contribution is 14.1. The summed E-state index contributed by atoms with van der Waals surface area (Å²) in [5, 5.41) is 2.49. The second-order valence-electron chi connectivity index (χ2n) is 4.83. The van der Waals surface area contributed by atoms with Crippen LogP contribution in [0.25, 0.3) is 0 Å². The van der Waals surface area contributed by atoms with Gasteiger partial charge >= 0.3 is 3.98 Å². The van der Waals surface area contributed by atoms with Gasteiger partial charge in [0.05, 0.1) is 0 Å². The maximum Gasteiger partial charge on any atom is 0.466 e. The van der Waals surface area contributed by atoms with Crippen LogP contribution >= 0.6 is 34.9 Å². The molecule has 0 N–H and O–H groups in total. The van der Waals surface area contributed by atoms with Gasteiger partial charge < -0.3 is 9.69 Å². The van der Waals surface area contributed by atoms with Gasteiger partial charge in [0.25, 0.3) is 0 Å². The topological polar surface area (TPSA) is 66.8 Å². The van der Waals surface area contributed by atoms with E-state index in [1.807, 2.05) is 4.90 Å². The zero-order valence-electron chi connectivity index (χ0n) is 10.7. The van der Waals surface area contributed by atoms with Gasteiger partial charge in [0, 0.05) is 25.4 Å². The molecule has 0 aromatic heterocycles. The van der Waals surface area contributed by atoms with E-state index in [4.69, 9.17) is 0 Å². The van der Waals surface area contributed by atoms with Crippen LogP contribution in [0.5, 0.6) is 0 Å². The molecule has 2 rings (SSSR count). The highest BCUT2D eigenvalue weighted by atomic mass is 127. The van der Waals surface area contributed by atoms with Crippen LogP contribution in [0.1, 0.15) is 38.5 Å². The van der Waals surface area contributed by atoms with Crippen molar-refractivity contribution in [1.29, 1.82) is 0 Å². The highest BCUT2D eigenvalue weighted by Crippen LogP contribution is 2.32. The van der Waals surface area contributed by atoms with Gasteiger partial charge in [-0.15, -0.1) is 5.09 Å². The van der Waals surface area contributed by atoms with Gasteiger partial charge in [-0.3, -0.25) is 4.79 Å². The number of aldehydes is 1. The first-order valence-electron chi connectivity index (χ1n) is 6.46. The normalized spacial score (nSPS) is 25.2. The van der Waals surface area contributed by atoms with Gasteiger partial charge in [0.1, 0.15) is 6.29 Å². The molecule has 0 aromatic carbocycles. The molecule has 1 amide bonds. The van der Waals surface area contributed by atoms with Gasteiger partial charge in [-0.05, 0) is 31.6 Å². The van der Waals surface area contributed by atoms with Gasteiger partial charge in [0.2, 0.25) is 5.91 Å². The molecule has 2 saturated heterocycles. The molecule has 2 aliphatic heterocycles. The molecule has 0 saturated carbocycles. The van der Waals surface area contributed by atoms with Crippen molar-refractivity contribution >= 4 is 51.0 Å². The van der Waals surface area contributed by atoms with E-state index < -0.39 is 0 Å². The molecule has 5 nitrogen and oxygen atoms in total. The second-order valence-corrected chi connectivity index (χ2v) is 7.48. The Labute approximate surface area is 132 Å². The summed E-state index contributed by atoms with van der Waals surface area (Å²) in [6, 6.07) is 0.493. The predicted molar refractivity (Wildman–Crippen MR) is 87.3 cm³/mol. The fraction of sp³-hybridized carbons (Fsp3) is 0.818. The number of carbonyl (C=O) groups is 2. The summed E-state index contributed by atoms with van der Waals surface area (Å²) in [5.74, 6) is 1.01. The predicted octanol–water partition coefficient (Wildman–Crippen LogP) is 2.47. The molecule has 0 aromatic rings. The van der Waals surface area contributed by atoms with Crippen molar-refractivity contribution in [3.05, 3.63) is 4.91 Å². The summed E-state index contributed by atoms with van der Waals surface area (Å²) >= 11 is 5.40. The van der Waals surface area contributed by atoms with Crippen LogP contribution in [0.2, 0.25) is 0 Å². The van der Waals surface area contributed by atoms with Crippen molar-refractivity contribution in [3.63, 3.8) is 0 Å². The average Bonchev–Trinajstić information content (AvgIpc) is 2.78. The maximum atomic E-state index is 11.4. The number of halogens is 1. The van der Waals surface area contributed by atoms with E-state index in [-0.39, 0.29) is 3.98 Å². The first-order chi connectivity index (χ1) is 9.08. The largest absolute Gasteiger partial charge is 0.466 e. The standard InChI is InChI=1S/C11H17NO2.BHINOS/c13-7-1-2-9-5-6-12-10(8-9)3-4-11(12)14;2-1(5)3-4/h7,9-10H,1-6,8H2;5H/t9-,10?;/m0./s1. The lowest BCUT2D eigenvalue weighted by atomic mass is 9.88. The van der Waals surface area contributed by atoms with Crippen molar-refractivity contribution < 1.29 is 9.59 Å². The molecule has 0 aliphatic carbocycles. The lowest BCUT2D eigenvalue weighted by molar-refractivity contribution is -0.130.